The molecule has 266 valence electrons. The van der Waals surface area contributed by atoms with Gasteiger partial charge in [-0.3, -0.25) is 19.3 Å². The average Bonchev–Trinajstić information content (AvgIpc) is 3.62. The third kappa shape index (κ3) is 9.64. The Morgan fingerprint density at radius 2 is 1.71 bits per heavy atom. The third-order valence-electron chi connectivity index (χ3n) is 10.6. The maximum atomic E-state index is 13.9. The standard InChI is InChI=1S/C36H46F3N5O5/c37-36(38,39)49-30-8-6-25(7-9-30)22-42-17-11-26-21-34(46)44-18-12-27(20-33(45)43-15-1-2-16-43)29(24-44)13-19-48-32-5-3-4-31(41-32)35(47)40-14-10-28(26)23-42/h3-9,26-29H,1-2,10-24H2,(H,40,47)/t26-,27-,28-,29-/m0/s1. The number of pyridine rings is 1. The Hall–Kier alpha value is -3.87. The number of hydrogen-bond donors (Lipinski definition) is 1. The Morgan fingerprint density at radius 1 is 0.918 bits per heavy atom. The van der Waals surface area contributed by atoms with E-state index in [1.807, 2.05) is 9.80 Å². The molecule has 3 saturated heterocycles. The Morgan fingerprint density at radius 3 is 2.49 bits per heavy atom. The molecule has 4 aliphatic heterocycles. The van der Waals surface area contributed by atoms with Crippen LogP contribution in [0.3, 0.4) is 0 Å². The van der Waals surface area contributed by atoms with E-state index >= 15 is 0 Å². The van der Waals surface area contributed by atoms with Gasteiger partial charge < -0.3 is 24.6 Å². The van der Waals surface area contributed by atoms with Crippen molar-refractivity contribution in [2.45, 2.75) is 64.3 Å². The summed E-state index contributed by atoms with van der Waals surface area (Å²) in [5.41, 5.74) is 1.14. The number of amides is 3. The molecule has 13 heteroatoms. The van der Waals surface area contributed by atoms with Gasteiger partial charge in [0, 0.05) is 64.7 Å². The lowest BCUT2D eigenvalue weighted by atomic mass is 9.79. The maximum Gasteiger partial charge on any atom is 0.573 e. The van der Waals surface area contributed by atoms with Crippen LogP contribution in [0, 0.1) is 23.7 Å². The van der Waals surface area contributed by atoms with Gasteiger partial charge in [0.25, 0.3) is 5.91 Å². The highest BCUT2D eigenvalue weighted by Crippen LogP contribution is 2.34. The molecule has 4 bridgehead atoms. The van der Waals surface area contributed by atoms with E-state index in [0.29, 0.717) is 70.9 Å². The summed E-state index contributed by atoms with van der Waals surface area (Å²) in [5, 5.41) is 2.99. The molecular weight excluding hydrogens is 639 g/mol. The van der Waals surface area contributed by atoms with E-state index in [9.17, 15) is 27.6 Å². The summed E-state index contributed by atoms with van der Waals surface area (Å²) in [6, 6.07) is 11.1. The fourth-order valence-electron chi connectivity index (χ4n) is 7.92. The summed E-state index contributed by atoms with van der Waals surface area (Å²) in [6.07, 6.45) is 1.16. The molecule has 1 aromatic carbocycles. The van der Waals surface area contributed by atoms with Gasteiger partial charge in [-0.2, -0.15) is 0 Å². The number of benzene rings is 1. The highest BCUT2D eigenvalue weighted by atomic mass is 19.4. The predicted octanol–water partition coefficient (Wildman–Crippen LogP) is 4.89. The lowest BCUT2D eigenvalue weighted by Crippen LogP contribution is -2.47. The lowest BCUT2D eigenvalue weighted by Gasteiger charge is -2.42. The Bertz CT molecular complexity index is 1450. The minimum Gasteiger partial charge on any atom is -0.478 e. The number of fused-ring (bicyclic) bond motifs is 5. The van der Waals surface area contributed by atoms with Gasteiger partial charge in [-0.05, 0) is 92.5 Å². The number of ether oxygens (including phenoxy) is 2. The van der Waals surface area contributed by atoms with Crippen LogP contribution in [0.2, 0.25) is 0 Å². The highest BCUT2D eigenvalue weighted by Gasteiger charge is 2.37. The van der Waals surface area contributed by atoms with Gasteiger partial charge >= 0.3 is 6.36 Å². The Labute approximate surface area is 285 Å². The van der Waals surface area contributed by atoms with Crippen molar-refractivity contribution >= 4 is 17.7 Å². The molecule has 4 atom stereocenters. The third-order valence-corrected chi connectivity index (χ3v) is 10.6. The van der Waals surface area contributed by atoms with E-state index in [1.54, 1.807) is 30.3 Å². The second-order valence-corrected chi connectivity index (χ2v) is 13.9. The van der Waals surface area contributed by atoms with Crippen molar-refractivity contribution < 1.29 is 37.0 Å². The molecule has 49 heavy (non-hydrogen) atoms. The van der Waals surface area contributed by atoms with Gasteiger partial charge in [-0.25, -0.2) is 4.98 Å². The first kappa shape index (κ1) is 35.0. The molecule has 0 radical (unpaired) electrons. The van der Waals surface area contributed by atoms with Crippen LogP contribution in [0.15, 0.2) is 42.5 Å². The topological polar surface area (TPSA) is 104 Å². The first-order chi connectivity index (χ1) is 23.6. The van der Waals surface area contributed by atoms with E-state index in [-0.39, 0.29) is 52.8 Å². The van der Waals surface area contributed by atoms with E-state index < -0.39 is 6.36 Å². The SMILES string of the molecule is O=C1NCC[C@H]2CN(Cc3ccc(OC(F)(F)F)cc3)CC[C@H]2CC(=O)N2CC[C@@H](CC(=O)N3CCCC3)[C@@H](CCOc3cccc1n3)C2. The minimum atomic E-state index is -4.74. The van der Waals surface area contributed by atoms with E-state index in [1.165, 1.54) is 12.1 Å². The molecule has 0 unspecified atom stereocenters. The van der Waals surface area contributed by atoms with Gasteiger partial charge in [0.05, 0.1) is 6.61 Å². The number of aromatic nitrogens is 1. The normalized spacial score (nSPS) is 25.9. The van der Waals surface area contributed by atoms with Gasteiger partial charge in [-0.1, -0.05) is 18.2 Å². The van der Waals surface area contributed by atoms with Gasteiger partial charge in [0.1, 0.15) is 11.4 Å². The zero-order valence-corrected chi connectivity index (χ0v) is 27.8. The number of likely N-dealkylation sites (tertiary alicyclic amines) is 2. The molecule has 6 rings (SSSR count). The Balaban J connectivity index is 1.15. The molecular formula is C36H46F3N5O5. The molecule has 3 amide bonds. The van der Waals surface area contributed by atoms with Crippen molar-refractivity contribution in [2.24, 2.45) is 23.7 Å². The molecule has 2 aromatic rings. The van der Waals surface area contributed by atoms with E-state index in [0.717, 1.165) is 50.9 Å². The van der Waals surface area contributed by atoms with Crippen LogP contribution in [0.25, 0.3) is 0 Å². The smallest absolute Gasteiger partial charge is 0.478 e. The zero-order valence-electron chi connectivity index (χ0n) is 27.8. The second-order valence-electron chi connectivity index (χ2n) is 13.9. The summed E-state index contributed by atoms with van der Waals surface area (Å²) in [6.45, 7) is 5.65. The summed E-state index contributed by atoms with van der Waals surface area (Å²) >= 11 is 0. The van der Waals surface area contributed by atoms with Crippen molar-refractivity contribution in [1.82, 2.24) is 25.0 Å². The van der Waals surface area contributed by atoms with Crippen LogP contribution in [-0.2, 0) is 16.1 Å². The number of carbonyl (C=O) groups is 3. The van der Waals surface area contributed by atoms with Crippen molar-refractivity contribution in [3.63, 3.8) is 0 Å². The van der Waals surface area contributed by atoms with Crippen molar-refractivity contribution in [3.05, 3.63) is 53.7 Å². The van der Waals surface area contributed by atoms with E-state index in [4.69, 9.17) is 4.74 Å². The van der Waals surface area contributed by atoms with Crippen LogP contribution < -0.4 is 14.8 Å². The number of nitrogens with zero attached hydrogens (tertiary/aromatic N) is 4. The van der Waals surface area contributed by atoms with Crippen LogP contribution >= 0.6 is 0 Å². The van der Waals surface area contributed by atoms with Crippen molar-refractivity contribution in [2.75, 3.05) is 52.4 Å². The summed E-state index contributed by atoms with van der Waals surface area (Å²) in [7, 11) is 0. The number of halogens is 3. The highest BCUT2D eigenvalue weighted by molar-refractivity contribution is 5.92. The molecule has 1 N–H and O–H groups in total. The zero-order chi connectivity index (χ0) is 34.4. The molecule has 0 aliphatic carbocycles. The summed E-state index contributed by atoms with van der Waals surface area (Å²) in [5.74, 6) is 0.661. The molecule has 0 spiro atoms. The predicted molar refractivity (Wildman–Crippen MR) is 175 cm³/mol. The van der Waals surface area contributed by atoms with Gasteiger partial charge in [0.2, 0.25) is 17.7 Å². The average molecular weight is 686 g/mol. The lowest BCUT2D eigenvalue weighted by molar-refractivity contribution is -0.274. The van der Waals surface area contributed by atoms with Gasteiger partial charge in [0.15, 0.2) is 0 Å². The van der Waals surface area contributed by atoms with Crippen LogP contribution in [0.5, 0.6) is 11.6 Å². The van der Waals surface area contributed by atoms with Crippen molar-refractivity contribution in [3.8, 4) is 11.6 Å². The number of piperidine rings is 2. The van der Waals surface area contributed by atoms with Crippen LogP contribution in [0.4, 0.5) is 13.2 Å². The second kappa shape index (κ2) is 15.8. The monoisotopic (exact) mass is 685 g/mol. The minimum absolute atomic E-state index is 0.108. The quantitative estimate of drug-likeness (QED) is 0.478. The number of alkyl halides is 3. The molecule has 5 heterocycles. The first-order valence-electron chi connectivity index (χ1n) is 17.6. The van der Waals surface area contributed by atoms with Crippen LogP contribution in [0.1, 0.15) is 67.4 Å². The largest absolute Gasteiger partial charge is 0.573 e. The Kier molecular flexibility index (Phi) is 11.3. The fourth-order valence-corrected chi connectivity index (χ4v) is 7.92. The number of carbonyl (C=O) groups excluding carboxylic acids is 3. The van der Waals surface area contributed by atoms with Crippen LogP contribution in [-0.4, -0.2) is 96.2 Å². The number of nitrogens with one attached hydrogen (secondary N) is 1. The number of hydrogen-bond acceptors (Lipinski definition) is 7. The fraction of sp³-hybridized carbons (Fsp3) is 0.611. The van der Waals surface area contributed by atoms with Crippen molar-refractivity contribution in [1.29, 1.82) is 0 Å². The first-order valence-corrected chi connectivity index (χ1v) is 17.6. The number of rotatable bonds is 5. The maximum absolute atomic E-state index is 13.9. The summed E-state index contributed by atoms with van der Waals surface area (Å²) < 4.78 is 47.9. The molecule has 0 saturated carbocycles. The molecule has 4 aliphatic rings. The van der Waals surface area contributed by atoms with Gasteiger partial charge in [-0.15, -0.1) is 13.2 Å². The summed E-state index contributed by atoms with van der Waals surface area (Å²) in [4.78, 5) is 50.7. The van der Waals surface area contributed by atoms with E-state index in [2.05, 4.69) is 19.9 Å². The molecule has 1 aromatic heterocycles. The molecule has 10 nitrogen and oxygen atoms in total. The molecule has 3 fully saturated rings.